The molecule has 3 rings (SSSR count). The summed E-state index contributed by atoms with van der Waals surface area (Å²) < 4.78 is 7.18. The van der Waals surface area contributed by atoms with Gasteiger partial charge in [0.15, 0.2) is 0 Å². The second-order valence-corrected chi connectivity index (χ2v) is 5.31. The number of aromatic nitrogens is 4. The van der Waals surface area contributed by atoms with E-state index >= 15 is 0 Å². The van der Waals surface area contributed by atoms with Crippen LogP contribution in [0.4, 0.5) is 5.82 Å². The van der Waals surface area contributed by atoms with Gasteiger partial charge in [0, 0.05) is 45.0 Å². The lowest BCUT2D eigenvalue weighted by atomic mass is 10.2. The number of imidazole rings is 1. The first-order valence-electron chi connectivity index (χ1n) is 7.04. The van der Waals surface area contributed by atoms with E-state index in [2.05, 4.69) is 29.7 Å². The Kier molecular flexibility index (Phi) is 4.01. The summed E-state index contributed by atoms with van der Waals surface area (Å²) in [6.45, 7) is 3.00. The number of anilines is 1. The smallest absolute Gasteiger partial charge is 0.218 e. The van der Waals surface area contributed by atoms with Gasteiger partial charge in [0.25, 0.3) is 0 Å². The van der Waals surface area contributed by atoms with Crippen molar-refractivity contribution in [2.75, 3.05) is 25.5 Å². The van der Waals surface area contributed by atoms with Crippen molar-refractivity contribution in [2.45, 2.75) is 19.0 Å². The summed E-state index contributed by atoms with van der Waals surface area (Å²) in [5, 5.41) is 3.44. The average Bonchev–Trinajstić information content (AvgIpc) is 3.10. The molecule has 21 heavy (non-hydrogen) atoms. The maximum atomic E-state index is 5.11. The first-order valence-corrected chi connectivity index (χ1v) is 7.04. The molecule has 1 fully saturated rings. The molecule has 1 N–H and O–H groups in total. The third-order valence-electron chi connectivity index (χ3n) is 3.78. The van der Waals surface area contributed by atoms with Crippen LogP contribution in [-0.2, 0) is 13.6 Å². The van der Waals surface area contributed by atoms with Gasteiger partial charge in [-0.1, -0.05) is 0 Å². The molecule has 0 aromatic carbocycles. The Balaban J connectivity index is 1.56. The first kappa shape index (κ1) is 13.8. The standard InChI is InChI=1S/C14H20N6O/c1-19-10-15-6-12(19)8-20-4-3-11(7-20)18-13-5-14(21-2)17-9-16-13/h5-6,9-11H,3-4,7-8H2,1-2H3,(H,16,17,18). The Morgan fingerprint density at radius 2 is 2.33 bits per heavy atom. The maximum absolute atomic E-state index is 5.11. The topological polar surface area (TPSA) is 68.1 Å². The SMILES string of the molecule is COc1cc(NC2CCN(Cc3cncn3C)C2)ncn1. The van der Waals surface area contributed by atoms with E-state index in [1.54, 1.807) is 7.11 Å². The van der Waals surface area contributed by atoms with Crippen molar-refractivity contribution in [3.63, 3.8) is 0 Å². The van der Waals surface area contributed by atoms with E-state index in [1.165, 1.54) is 12.0 Å². The van der Waals surface area contributed by atoms with Crippen LogP contribution >= 0.6 is 0 Å². The summed E-state index contributed by atoms with van der Waals surface area (Å²) in [6.07, 6.45) is 6.39. The second kappa shape index (κ2) is 6.09. The zero-order chi connectivity index (χ0) is 14.7. The van der Waals surface area contributed by atoms with Gasteiger partial charge in [-0.05, 0) is 6.42 Å². The lowest BCUT2D eigenvalue weighted by Crippen LogP contribution is -2.26. The monoisotopic (exact) mass is 288 g/mol. The minimum Gasteiger partial charge on any atom is -0.481 e. The summed E-state index contributed by atoms with van der Waals surface area (Å²) in [4.78, 5) is 14.8. The fourth-order valence-electron chi connectivity index (χ4n) is 2.60. The molecule has 2 aromatic heterocycles. The number of likely N-dealkylation sites (tertiary alicyclic amines) is 1. The number of nitrogens with zero attached hydrogens (tertiary/aromatic N) is 5. The number of rotatable bonds is 5. The van der Waals surface area contributed by atoms with Gasteiger partial charge in [-0.2, -0.15) is 0 Å². The predicted molar refractivity (Wildman–Crippen MR) is 79.1 cm³/mol. The second-order valence-electron chi connectivity index (χ2n) is 5.31. The molecule has 0 bridgehead atoms. The van der Waals surface area contributed by atoms with Crippen molar-refractivity contribution >= 4 is 5.82 Å². The molecule has 1 atom stereocenters. The highest BCUT2D eigenvalue weighted by atomic mass is 16.5. The molecular weight excluding hydrogens is 268 g/mol. The van der Waals surface area contributed by atoms with Crippen LogP contribution in [0, 0.1) is 0 Å². The number of methoxy groups -OCH3 is 1. The van der Waals surface area contributed by atoms with Crippen LogP contribution in [-0.4, -0.2) is 50.7 Å². The lowest BCUT2D eigenvalue weighted by Gasteiger charge is -2.17. The van der Waals surface area contributed by atoms with Crippen molar-refractivity contribution in [2.24, 2.45) is 7.05 Å². The molecule has 1 saturated heterocycles. The van der Waals surface area contributed by atoms with Gasteiger partial charge < -0.3 is 14.6 Å². The van der Waals surface area contributed by atoms with Crippen LogP contribution in [0.15, 0.2) is 24.9 Å². The van der Waals surface area contributed by atoms with Gasteiger partial charge in [-0.25, -0.2) is 15.0 Å². The maximum Gasteiger partial charge on any atom is 0.218 e. The highest BCUT2D eigenvalue weighted by Crippen LogP contribution is 2.18. The Labute approximate surface area is 124 Å². The Hall–Kier alpha value is -2.15. The van der Waals surface area contributed by atoms with Crippen molar-refractivity contribution < 1.29 is 4.74 Å². The molecule has 1 aliphatic rings. The van der Waals surface area contributed by atoms with Crippen LogP contribution in [0.5, 0.6) is 5.88 Å². The van der Waals surface area contributed by atoms with Crippen LogP contribution in [0.1, 0.15) is 12.1 Å². The molecule has 0 spiro atoms. The molecular formula is C14H20N6O. The Morgan fingerprint density at radius 1 is 1.43 bits per heavy atom. The zero-order valence-electron chi connectivity index (χ0n) is 12.4. The van der Waals surface area contributed by atoms with Crippen molar-refractivity contribution in [1.82, 2.24) is 24.4 Å². The van der Waals surface area contributed by atoms with Gasteiger partial charge >= 0.3 is 0 Å². The molecule has 0 aliphatic carbocycles. The molecule has 1 unspecified atom stereocenters. The van der Waals surface area contributed by atoms with E-state index in [0.717, 1.165) is 31.9 Å². The summed E-state index contributed by atoms with van der Waals surface area (Å²) in [5.74, 6) is 1.39. The fraction of sp³-hybridized carbons (Fsp3) is 0.500. The molecule has 7 heteroatoms. The molecule has 2 aromatic rings. The quantitative estimate of drug-likeness (QED) is 0.882. The van der Waals surface area contributed by atoms with E-state index in [0.29, 0.717) is 11.9 Å². The molecule has 0 amide bonds. The van der Waals surface area contributed by atoms with E-state index in [-0.39, 0.29) is 0 Å². The molecule has 112 valence electrons. The highest BCUT2D eigenvalue weighted by Gasteiger charge is 2.23. The Bertz CT molecular complexity index is 599. The lowest BCUT2D eigenvalue weighted by molar-refractivity contribution is 0.320. The normalized spacial score (nSPS) is 18.9. The molecule has 1 aliphatic heterocycles. The van der Waals surface area contributed by atoms with Gasteiger partial charge in [0.05, 0.1) is 19.1 Å². The van der Waals surface area contributed by atoms with Gasteiger partial charge in [-0.3, -0.25) is 4.90 Å². The third-order valence-corrected chi connectivity index (χ3v) is 3.78. The van der Waals surface area contributed by atoms with Crippen LogP contribution in [0.2, 0.25) is 0 Å². The van der Waals surface area contributed by atoms with Crippen molar-refractivity contribution in [3.8, 4) is 5.88 Å². The summed E-state index contributed by atoms with van der Waals surface area (Å²) >= 11 is 0. The van der Waals surface area contributed by atoms with E-state index in [1.807, 2.05) is 25.6 Å². The van der Waals surface area contributed by atoms with E-state index < -0.39 is 0 Å². The van der Waals surface area contributed by atoms with Gasteiger partial charge in [0.1, 0.15) is 12.1 Å². The minimum absolute atomic E-state index is 0.401. The number of hydrogen-bond acceptors (Lipinski definition) is 6. The number of aryl methyl sites for hydroxylation is 1. The van der Waals surface area contributed by atoms with E-state index in [4.69, 9.17) is 4.74 Å². The number of hydrogen-bond donors (Lipinski definition) is 1. The highest BCUT2D eigenvalue weighted by molar-refractivity contribution is 5.38. The van der Waals surface area contributed by atoms with Gasteiger partial charge in [0.2, 0.25) is 5.88 Å². The third kappa shape index (κ3) is 3.30. The van der Waals surface area contributed by atoms with Gasteiger partial charge in [-0.15, -0.1) is 0 Å². The fourth-order valence-corrected chi connectivity index (χ4v) is 2.60. The minimum atomic E-state index is 0.401. The molecule has 0 saturated carbocycles. The van der Waals surface area contributed by atoms with Crippen molar-refractivity contribution in [3.05, 3.63) is 30.6 Å². The predicted octanol–water partition coefficient (Wildman–Crippen LogP) is 0.905. The first-order chi connectivity index (χ1) is 10.2. The Morgan fingerprint density at radius 3 is 3.10 bits per heavy atom. The van der Waals surface area contributed by atoms with E-state index in [9.17, 15) is 0 Å². The van der Waals surface area contributed by atoms with Crippen LogP contribution in [0.3, 0.4) is 0 Å². The summed E-state index contributed by atoms with van der Waals surface area (Å²) in [7, 11) is 3.64. The molecule has 7 nitrogen and oxygen atoms in total. The van der Waals surface area contributed by atoms with Crippen LogP contribution in [0.25, 0.3) is 0 Å². The zero-order valence-corrected chi connectivity index (χ0v) is 12.4. The van der Waals surface area contributed by atoms with Crippen molar-refractivity contribution in [1.29, 1.82) is 0 Å². The molecule has 0 radical (unpaired) electrons. The number of nitrogens with one attached hydrogen (secondary N) is 1. The largest absolute Gasteiger partial charge is 0.481 e. The van der Waals surface area contributed by atoms with Crippen LogP contribution < -0.4 is 10.1 Å². The number of ether oxygens (including phenoxy) is 1. The average molecular weight is 288 g/mol. The molecule has 3 heterocycles. The summed E-state index contributed by atoms with van der Waals surface area (Å²) in [5.41, 5.74) is 1.24. The summed E-state index contributed by atoms with van der Waals surface area (Å²) in [6, 6.07) is 2.22.